The van der Waals surface area contributed by atoms with Gasteiger partial charge in [0.05, 0.1) is 0 Å². The summed E-state index contributed by atoms with van der Waals surface area (Å²) in [6, 6.07) is 0.537. The van der Waals surface area contributed by atoms with Crippen LogP contribution in [-0.2, 0) is 9.59 Å². The highest BCUT2D eigenvalue weighted by Crippen LogP contribution is 2.38. The summed E-state index contributed by atoms with van der Waals surface area (Å²) in [6.45, 7) is 0. The van der Waals surface area contributed by atoms with E-state index in [4.69, 9.17) is 0 Å². The van der Waals surface area contributed by atoms with E-state index in [1.54, 1.807) is 0 Å². The van der Waals surface area contributed by atoms with Crippen LogP contribution in [0.25, 0.3) is 0 Å². The lowest BCUT2D eigenvalue weighted by molar-refractivity contribution is -0.121. The van der Waals surface area contributed by atoms with Crippen molar-refractivity contribution in [2.45, 2.75) is 74.2 Å². The lowest BCUT2D eigenvalue weighted by Gasteiger charge is -2.35. The molecule has 2 rings (SSSR count). The highest BCUT2D eigenvalue weighted by atomic mass is 80.0. The molecule has 2 aliphatic rings. The molecule has 2 fully saturated rings. The Balaban J connectivity index is 1.66. The highest BCUT2D eigenvalue weighted by Gasteiger charge is 2.34. The smallest absolute Gasteiger partial charge is 0.258 e. The van der Waals surface area contributed by atoms with Crippen molar-refractivity contribution in [1.82, 2.24) is 10.6 Å². The van der Waals surface area contributed by atoms with E-state index in [1.807, 2.05) is 0 Å². The predicted molar refractivity (Wildman–Crippen MR) is 131 cm³/mol. The minimum Gasteiger partial charge on any atom is -0.351 e. The van der Waals surface area contributed by atoms with Crippen LogP contribution in [-0.4, -0.2) is 28.2 Å². The molecule has 0 aromatic carbocycles. The maximum atomic E-state index is 12.0. The lowest BCUT2D eigenvalue weighted by Crippen LogP contribution is -2.43. The highest BCUT2D eigenvalue weighted by molar-refractivity contribution is 9.40. The van der Waals surface area contributed by atoms with Gasteiger partial charge in [0.2, 0.25) is 4.29 Å². The van der Waals surface area contributed by atoms with Gasteiger partial charge in [-0.2, -0.15) is 0 Å². The summed E-state index contributed by atoms with van der Waals surface area (Å²) in [6.07, 6.45) is 10.2. The van der Waals surface area contributed by atoms with Crippen LogP contribution >= 0.6 is 95.6 Å². The van der Waals surface area contributed by atoms with Crippen molar-refractivity contribution in [1.29, 1.82) is 0 Å². The molecule has 4 nitrogen and oxygen atoms in total. The molecule has 0 atom stereocenters. The van der Waals surface area contributed by atoms with Crippen molar-refractivity contribution < 1.29 is 9.59 Å². The summed E-state index contributed by atoms with van der Waals surface area (Å²) >= 11 is 19.6. The monoisotopic (exact) mass is 762 g/mol. The molecule has 2 N–H and O–H groups in total. The van der Waals surface area contributed by atoms with Crippen molar-refractivity contribution in [2.24, 2.45) is 11.8 Å². The molecule has 0 saturated heterocycles. The second-order valence-corrected chi connectivity index (χ2v) is 21.1. The standard InChI is InChI=1S/C17H24Br6N2O2/c18-16(19,20)14(26)24-12-5-1-10(2-6-12)9-11-3-7-13(8-4-11)25-15(27)17(21,22)23/h10-13H,1-9H2,(H,24,26)(H,25,27). The summed E-state index contributed by atoms with van der Waals surface area (Å²) in [5.74, 6) is 1.36. The number of rotatable bonds is 4. The van der Waals surface area contributed by atoms with Gasteiger partial charge in [0.15, 0.2) is 0 Å². The van der Waals surface area contributed by atoms with Crippen LogP contribution in [0.2, 0.25) is 0 Å². The molecule has 0 aromatic rings. The Morgan fingerprint density at radius 1 is 0.630 bits per heavy atom. The molecule has 10 heteroatoms. The van der Waals surface area contributed by atoms with Gasteiger partial charge in [0, 0.05) is 12.1 Å². The van der Waals surface area contributed by atoms with Crippen molar-refractivity contribution in [3.05, 3.63) is 0 Å². The Bertz CT molecular complexity index is 472. The molecule has 2 saturated carbocycles. The van der Waals surface area contributed by atoms with E-state index in [0.29, 0.717) is 0 Å². The molecule has 0 heterocycles. The van der Waals surface area contributed by atoms with E-state index >= 15 is 0 Å². The van der Waals surface area contributed by atoms with Gasteiger partial charge in [-0.05, 0) is 165 Å². The summed E-state index contributed by atoms with van der Waals surface area (Å²) < 4.78 is -1.73. The summed E-state index contributed by atoms with van der Waals surface area (Å²) in [5, 5.41) is 6.18. The number of halogens is 6. The first kappa shape index (κ1) is 25.1. The van der Waals surface area contributed by atoms with Gasteiger partial charge in [0.1, 0.15) is 0 Å². The normalized spacial score (nSPS) is 29.9. The predicted octanol–water partition coefficient (Wildman–Crippen LogP) is 6.40. The average Bonchev–Trinajstić information content (AvgIpc) is 2.56. The van der Waals surface area contributed by atoms with E-state index < -0.39 is 4.29 Å². The minimum absolute atomic E-state index is 0.0780. The van der Waals surface area contributed by atoms with E-state index in [2.05, 4.69) is 106 Å². The largest absolute Gasteiger partial charge is 0.351 e. The van der Waals surface area contributed by atoms with Gasteiger partial charge >= 0.3 is 0 Å². The number of hydrogen-bond donors (Lipinski definition) is 2. The molecule has 156 valence electrons. The molecule has 2 amide bonds. The molecule has 0 spiro atoms. The topological polar surface area (TPSA) is 58.2 Å². The fourth-order valence-electron chi connectivity index (χ4n) is 4.09. The fourth-order valence-corrected chi connectivity index (χ4v) is 4.78. The van der Waals surface area contributed by atoms with E-state index in [0.717, 1.165) is 37.5 Å². The first-order valence-electron chi connectivity index (χ1n) is 9.20. The zero-order chi connectivity index (χ0) is 20.2. The molecular weight excluding hydrogens is 744 g/mol. The lowest BCUT2D eigenvalue weighted by atomic mass is 9.75. The van der Waals surface area contributed by atoms with Gasteiger partial charge < -0.3 is 10.6 Å². The van der Waals surface area contributed by atoms with Crippen molar-refractivity contribution in [3.8, 4) is 0 Å². The zero-order valence-electron chi connectivity index (χ0n) is 14.8. The van der Waals surface area contributed by atoms with Gasteiger partial charge in [-0.3, -0.25) is 9.59 Å². The Kier molecular flexibility index (Phi) is 10.1. The third-order valence-corrected chi connectivity index (χ3v) is 7.71. The van der Waals surface area contributed by atoms with E-state index in [-0.39, 0.29) is 23.9 Å². The number of nitrogens with one attached hydrogen (secondary N) is 2. The fraction of sp³-hybridized carbons (Fsp3) is 0.882. The second kappa shape index (κ2) is 10.9. The van der Waals surface area contributed by atoms with Crippen LogP contribution in [0, 0.1) is 11.8 Å². The van der Waals surface area contributed by atoms with E-state index in [1.165, 1.54) is 32.1 Å². The van der Waals surface area contributed by atoms with Gasteiger partial charge in [-0.1, -0.05) is 0 Å². The van der Waals surface area contributed by atoms with Crippen molar-refractivity contribution in [2.75, 3.05) is 0 Å². The maximum Gasteiger partial charge on any atom is 0.258 e. The summed E-state index contributed by atoms with van der Waals surface area (Å²) in [5.41, 5.74) is 0. The summed E-state index contributed by atoms with van der Waals surface area (Å²) in [7, 11) is 0. The molecule has 0 aliphatic heterocycles. The zero-order valence-corrected chi connectivity index (χ0v) is 24.3. The SMILES string of the molecule is O=C(NC1CCC(CC2CCC(NC(=O)C(Br)(Br)Br)CC2)CC1)C(Br)(Br)Br. The third kappa shape index (κ3) is 8.83. The first-order valence-corrected chi connectivity index (χ1v) is 14.0. The third-order valence-electron chi connectivity index (χ3n) is 5.55. The Hall–Kier alpha value is 1.82. The molecule has 0 radical (unpaired) electrons. The average molecular weight is 768 g/mol. The van der Waals surface area contributed by atoms with Gasteiger partial charge in [-0.25, -0.2) is 0 Å². The number of carbonyl (C=O) groups is 2. The van der Waals surface area contributed by atoms with E-state index in [9.17, 15) is 9.59 Å². The van der Waals surface area contributed by atoms with Gasteiger partial charge in [-0.15, -0.1) is 0 Å². The molecule has 0 unspecified atom stereocenters. The number of alkyl halides is 6. The van der Waals surface area contributed by atoms with Crippen LogP contribution in [0.15, 0.2) is 0 Å². The van der Waals surface area contributed by atoms with Gasteiger partial charge in [0.25, 0.3) is 11.8 Å². The Labute approximate surface area is 211 Å². The van der Waals surface area contributed by atoms with Crippen molar-refractivity contribution in [3.63, 3.8) is 0 Å². The molecular formula is C17H24Br6N2O2. The molecule has 2 aliphatic carbocycles. The number of carbonyl (C=O) groups excluding carboxylic acids is 2. The molecule has 27 heavy (non-hydrogen) atoms. The van der Waals surface area contributed by atoms with Crippen molar-refractivity contribution >= 4 is 107 Å². The van der Waals surface area contributed by atoms with Crippen LogP contribution in [0.1, 0.15) is 57.8 Å². The molecule has 0 bridgehead atoms. The van der Waals surface area contributed by atoms with Crippen LogP contribution < -0.4 is 10.6 Å². The maximum absolute atomic E-state index is 12.0. The van der Waals surface area contributed by atoms with Crippen LogP contribution in [0.3, 0.4) is 0 Å². The first-order chi connectivity index (χ1) is 12.4. The number of hydrogen-bond acceptors (Lipinski definition) is 2. The quantitative estimate of drug-likeness (QED) is 0.326. The molecule has 0 aromatic heterocycles. The minimum atomic E-state index is -0.865. The Morgan fingerprint density at radius 3 is 1.19 bits per heavy atom. The van der Waals surface area contributed by atoms with Crippen LogP contribution in [0.5, 0.6) is 0 Å². The second-order valence-electron chi connectivity index (χ2n) is 7.61. The summed E-state index contributed by atoms with van der Waals surface area (Å²) in [4.78, 5) is 24.0. The Morgan fingerprint density at radius 2 is 0.926 bits per heavy atom. The van der Waals surface area contributed by atoms with Crippen LogP contribution in [0.4, 0.5) is 0 Å². The number of amides is 2.